The van der Waals surface area contributed by atoms with Crippen molar-refractivity contribution in [3.05, 3.63) is 0 Å². The van der Waals surface area contributed by atoms with Crippen LogP contribution in [-0.2, 0) is 4.79 Å². The van der Waals surface area contributed by atoms with Crippen molar-refractivity contribution in [3.63, 3.8) is 0 Å². The third-order valence-electron chi connectivity index (χ3n) is 3.75. The summed E-state index contributed by atoms with van der Waals surface area (Å²) in [6.45, 7) is 10.1. The summed E-state index contributed by atoms with van der Waals surface area (Å²) >= 11 is 0. The molecule has 0 aliphatic heterocycles. The number of carbonyl (C=O) groups is 1. The Labute approximate surface area is 105 Å². The number of nitrogens with one attached hydrogen (secondary N) is 1. The Bertz CT molecular complexity index is 245. The first-order valence-electron chi connectivity index (χ1n) is 6.81. The van der Waals surface area contributed by atoms with Gasteiger partial charge in [0.15, 0.2) is 0 Å². The number of rotatable bonds is 8. The molecule has 17 heavy (non-hydrogen) atoms. The number of amides is 1. The van der Waals surface area contributed by atoms with E-state index in [2.05, 4.69) is 24.1 Å². The fourth-order valence-electron chi connectivity index (χ4n) is 2.10. The van der Waals surface area contributed by atoms with E-state index in [4.69, 9.17) is 5.73 Å². The Hall–Kier alpha value is -0.610. The zero-order valence-electron chi connectivity index (χ0n) is 11.5. The zero-order chi connectivity index (χ0) is 12.9. The van der Waals surface area contributed by atoms with E-state index in [1.807, 2.05) is 6.92 Å². The van der Waals surface area contributed by atoms with Crippen molar-refractivity contribution in [2.45, 2.75) is 45.6 Å². The molecule has 4 heteroatoms. The summed E-state index contributed by atoms with van der Waals surface area (Å²) in [6, 6.07) is 0. The highest BCUT2D eigenvalue weighted by Crippen LogP contribution is 2.37. The predicted octanol–water partition coefficient (Wildman–Crippen LogP) is 0.962. The van der Waals surface area contributed by atoms with Gasteiger partial charge in [-0.05, 0) is 51.7 Å². The molecule has 1 amide bonds. The second-order valence-corrected chi connectivity index (χ2v) is 5.19. The molecule has 0 spiro atoms. The van der Waals surface area contributed by atoms with Crippen molar-refractivity contribution in [2.24, 2.45) is 11.7 Å². The molecule has 1 atom stereocenters. The SMILES string of the molecule is CCN(CC)CCCNC(=O)C(C)(N)C1CC1. The van der Waals surface area contributed by atoms with Crippen LogP contribution in [0.3, 0.4) is 0 Å². The highest BCUT2D eigenvalue weighted by Gasteiger charge is 2.43. The number of hydrogen-bond acceptors (Lipinski definition) is 3. The highest BCUT2D eigenvalue weighted by atomic mass is 16.2. The summed E-state index contributed by atoms with van der Waals surface area (Å²) in [7, 11) is 0. The molecule has 4 nitrogen and oxygen atoms in total. The monoisotopic (exact) mass is 241 g/mol. The van der Waals surface area contributed by atoms with Crippen molar-refractivity contribution in [3.8, 4) is 0 Å². The molecule has 0 radical (unpaired) electrons. The lowest BCUT2D eigenvalue weighted by Crippen LogP contribution is -2.53. The third kappa shape index (κ3) is 4.28. The lowest BCUT2D eigenvalue weighted by Gasteiger charge is -2.23. The zero-order valence-corrected chi connectivity index (χ0v) is 11.5. The molecule has 0 aromatic rings. The fourth-order valence-corrected chi connectivity index (χ4v) is 2.10. The van der Waals surface area contributed by atoms with Crippen LogP contribution >= 0.6 is 0 Å². The Balaban J connectivity index is 2.15. The number of hydrogen-bond donors (Lipinski definition) is 2. The maximum absolute atomic E-state index is 11.9. The molecule has 1 rings (SSSR count). The lowest BCUT2D eigenvalue weighted by atomic mass is 9.96. The number of nitrogens with zero attached hydrogens (tertiary/aromatic N) is 1. The van der Waals surface area contributed by atoms with E-state index in [1.54, 1.807) is 0 Å². The van der Waals surface area contributed by atoms with E-state index >= 15 is 0 Å². The van der Waals surface area contributed by atoms with Crippen LogP contribution in [-0.4, -0.2) is 42.5 Å². The Morgan fingerprint density at radius 1 is 1.41 bits per heavy atom. The molecule has 0 bridgehead atoms. The largest absolute Gasteiger partial charge is 0.354 e. The molecule has 3 N–H and O–H groups in total. The molecule has 100 valence electrons. The molecular weight excluding hydrogens is 214 g/mol. The minimum atomic E-state index is -0.658. The topological polar surface area (TPSA) is 58.4 Å². The molecule has 1 fully saturated rings. The Morgan fingerprint density at radius 3 is 2.47 bits per heavy atom. The summed E-state index contributed by atoms with van der Waals surface area (Å²) in [5, 5.41) is 2.96. The van der Waals surface area contributed by atoms with Crippen molar-refractivity contribution in [1.29, 1.82) is 0 Å². The molecule has 0 aromatic carbocycles. The molecule has 1 unspecified atom stereocenters. The molecular formula is C13H27N3O. The maximum atomic E-state index is 11.9. The highest BCUT2D eigenvalue weighted by molar-refractivity contribution is 5.86. The van der Waals surface area contributed by atoms with Crippen molar-refractivity contribution in [1.82, 2.24) is 10.2 Å². The molecule has 0 saturated heterocycles. The second kappa shape index (κ2) is 6.36. The van der Waals surface area contributed by atoms with Gasteiger partial charge in [0.25, 0.3) is 0 Å². The van der Waals surface area contributed by atoms with Gasteiger partial charge in [-0.1, -0.05) is 13.8 Å². The van der Waals surface area contributed by atoms with Crippen LogP contribution in [0.5, 0.6) is 0 Å². The summed E-state index contributed by atoms with van der Waals surface area (Å²) in [4.78, 5) is 14.2. The molecule has 1 aliphatic rings. The van der Waals surface area contributed by atoms with Crippen LogP contribution in [0.2, 0.25) is 0 Å². The lowest BCUT2D eigenvalue weighted by molar-refractivity contribution is -0.126. The first-order valence-corrected chi connectivity index (χ1v) is 6.81. The fraction of sp³-hybridized carbons (Fsp3) is 0.923. The maximum Gasteiger partial charge on any atom is 0.240 e. The van der Waals surface area contributed by atoms with Crippen LogP contribution in [0.15, 0.2) is 0 Å². The van der Waals surface area contributed by atoms with Gasteiger partial charge < -0.3 is 16.0 Å². The molecule has 1 aliphatic carbocycles. The Morgan fingerprint density at radius 2 is 2.00 bits per heavy atom. The first kappa shape index (κ1) is 14.5. The smallest absolute Gasteiger partial charge is 0.240 e. The van der Waals surface area contributed by atoms with Gasteiger partial charge in [0, 0.05) is 6.54 Å². The summed E-state index contributed by atoms with van der Waals surface area (Å²) in [6.07, 6.45) is 3.19. The normalized spacial score (nSPS) is 19.1. The van der Waals surface area contributed by atoms with Gasteiger partial charge in [0.2, 0.25) is 5.91 Å². The second-order valence-electron chi connectivity index (χ2n) is 5.19. The van der Waals surface area contributed by atoms with Crippen molar-refractivity contribution < 1.29 is 4.79 Å². The number of carbonyl (C=O) groups excluding carboxylic acids is 1. The van der Waals surface area contributed by atoms with Crippen LogP contribution in [0.4, 0.5) is 0 Å². The van der Waals surface area contributed by atoms with Crippen molar-refractivity contribution in [2.75, 3.05) is 26.2 Å². The number of nitrogens with two attached hydrogens (primary N) is 1. The van der Waals surface area contributed by atoms with Crippen LogP contribution in [0.1, 0.15) is 40.0 Å². The molecule has 0 heterocycles. The van der Waals surface area contributed by atoms with Crippen LogP contribution in [0.25, 0.3) is 0 Å². The van der Waals surface area contributed by atoms with E-state index < -0.39 is 5.54 Å². The minimum absolute atomic E-state index is 0.0135. The van der Waals surface area contributed by atoms with Gasteiger partial charge in [-0.25, -0.2) is 0 Å². The van der Waals surface area contributed by atoms with Gasteiger partial charge in [-0.2, -0.15) is 0 Å². The predicted molar refractivity (Wildman–Crippen MR) is 70.7 cm³/mol. The van der Waals surface area contributed by atoms with E-state index in [0.29, 0.717) is 5.92 Å². The minimum Gasteiger partial charge on any atom is -0.354 e. The van der Waals surface area contributed by atoms with E-state index in [1.165, 1.54) is 0 Å². The third-order valence-corrected chi connectivity index (χ3v) is 3.75. The van der Waals surface area contributed by atoms with Crippen molar-refractivity contribution >= 4 is 5.91 Å². The summed E-state index contributed by atoms with van der Waals surface area (Å²) in [5.74, 6) is 0.407. The van der Waals surface area contributed by atoms with Gasteiger partial charge >= 0.3 is 0 Å². The van der Waals surface area contributed by atoms with E-state index in [9.17, 15) is 4.79 Å². The van der Waals surface area contributed by atoms with E-state index in [0.717, 1.165) is 45.4 Å². The first-order chi connectivity index (χ1) is 8.02. The summed E-state index contributed by atoms with van der Waals surface area (Å²) < 4.78 is 0. The van der Waals surface area contributed by atoms with Gasteiger partial charge in [-0.3, -0.25) is 4.79 Å². The summed E-state index contributed by atoms with van der Waals surface area (Å²) in [5.41, 5.74) is 5.38. The van der Waals surface area contributed by atoms with Crippen LogP contribution < -0.4 is 11.1 Å². The quantitative estimate of drug-likeness (QED) is 0.622. The molecule has 0 aromatic heterocycles. The Kier molecular flexibility index (Phi) is 5.40. The average molecular weight is 241 g/mol. The average Bonchev–Trinajstić information content (AvgIpc) is 3.13. The van der Waals surface area contributed by atoms with Gasteiger partial charge in [0.1, 0.15) is 0 Å². The standard InChI is InChI=1S/C13H27N3O/c1-4-16(5-2)10-6-9-15-12(17)13(3,14)11-7-8-11/h11H,4-10,14H2,1-3H3,(H,15,17). The molecule has 1 saturated carbocycles. The van der Waals surface area contributed by atoms with E-state index in [-0.39, 0.29) is 5.91 Å². The van der Waals surface area contributed by atoms with Crippen LogP contribution in [0, 0.1) is 5.92 Å². The van der Waals surface area contributed by atoms with Gasteiger partial charge in [-0.15, -0.1) is 0 Å². The van der Waals surface area contributed by atoms with Gasteiger partial charge in [0.05, 0.1) is 5.54 Å².